The topological polar surface area (TPSA) is 27.6 Å². The van der Waals surface area contributed by atoms with Gasteiger partial charge in [0.2, 0.25) is 0 Å². The maximum Gasteiger partial charge on any atom is 0.193 e. The molecule has 0 spiro atoms. The Balaban J connectivity index is 0.00000289. The maximum atomic E-state index is 6.09. The van der Waals surface area contributed by atoms with Crippen LogP contribution >= 0.6 is 35.6 Å². The lowest BCUT2D eigenvalue weighted by atomic mass is 10.1. The van der Waals surface area contributed by atoms with Crippen LogP contribution in [0.4, 0.5) is 0 Å². The van der Waals surface area contributed by atoms with E-state index in [1.807, 2.05) is 43.3 Å². The van der Waals surface area contributed by atoms with Crippen LogP contribution in [-0.2, 0) is 6.42 Å². The van der Waals surface area contributed by atoms with E-state index in [1.165, 1.54) is 0 Å². The summed E-state index contributed by atoms with van der Waals surface area (Å²) < 4.78 is 0. The zero-order chi connectivity index (χ0) is 12.7. The fourth-order valence-corrected chi connectivity index (χ4v) is 1.73. The van der Waals surface area contributed by atoms with E-state index in [1.54, 1.807) is 0 Å². The highest BCUT2D eigenvalue weighted by Gasteiger charge is 2.01. The van der Waals surface area contributed by atoms with Crippen LogP contribution in [0.15, 0.2) is 29.3 Å². The summed E-state index contributed by atoms with van der Waals surface area (Å²) in [5.74, 6) is 0.916. The minimum absolute atomic E-state index is 0. The lowest BCUT2D eigenvalue weighted by Crippen LogP contribution is -2.36. The number of hydrogen-bond donors (Lipinski definition) is 1. The van der Waals surface area contributed by atoms with Crippen molar-refractivity contribution in [2.45, 2.75) is 13.3 Å². The molecule has 1 aromatic carbocycles. The van der Waals surface area contributed by atoms with Crippen molar-refractivity contribution >= 4 is 41.5 Å². The van der Waals surface area contributed by atoms with E-state index in [4.69, 9.17) is 11.6 Å². The van der Waals surface area contributed by atoms with E-state index in [0.717, 1.165) is 36.1 Å². The van der Waals surface area contributed by atoms with E-state index < -0.39 is 0 Å². The Bertz CT molecular complexity index is 380. The minimum Gasteiger partial charge on any atom is -0.357 e. The van der Waals surface area contributed by atoms with Gasteiger partial charge in [-0.3, -0.25) is 4.99 Å². The van der Waals surface area contributed by atoms with Crippen LogP contribution < -0.4 is 5.32 Å². The summed E-state index contributed by atoms with van der Waals surface area (Å²) in [7, 11) is 3.97. The number of aliphatic imine (C=N–C) groups is 1. The summed E-state index contributed by atoms with van der Waals surface area (Å²) in [6, 6.07) is 7.90. The predicted molar refractivity (Wildman–Crippen MR) is 90.2 cm³/mol. The van der Waals surface area contributed by atoms with Crippen molar-refractivity contribution in [1.82, 2.24) is 10.2 Å². The molecule has 0 unspecified atom stereocenters. The van der Waals surface area contributed by atoms with Gasteiger partial charge in [-0.1, -0.05) is 29.8 Å². The third-order valence-electron chi connectivity index (χ3n) is 2.36. The average Bonchev–Trinajstić information content (AvgIpc) is 2.30. The molecule has 0 aliphatic rings. The number of nitrogens with one attached hydrogen (secondary N) is 1. The molecule has 0 radical (unpaired) electrons. The molecular weight excluding hydrogens is 361 g/mol. The summed E-state index contributed by atoms with van der Waals surface area (Å²) in [6.45, 7) is 3.68. The highest BCUT2D eigenvalue weighted by Crippen LogP contribution is 2.15. The Morgan fingerprint density at radius 3 is 2.56 bits per heavy atom. The van der Waals surface area contributed by atoms with Gasteiger partial charge in [-0.25, -0.2) is 0 Å². The Hall–Kier alpha value is -0.490. The lowest BCUT2D eigenvalue weighted by Gasteiger charge is -2.16. The first-order valence-electron chi connectivity index (χ1n) is 5.84. The fourth-order valence-electron chi connectivity index (χ4n) is 1.50. The molecule has 0 aliphatic carbocycles. The Morgan fingerprint density at radius 2 is 2.00 bits per heavy atom. The van der Waals surface area contributed by atoms with Crippen molar-refractivity contribution in [1.29, 1.82) is 0 Å². The first-order valence-corrected chi connectivity index (χ1v) is 6.22. The lowest BCUT2D eigenvalue weighted by molar-refractivity contribution is 0.583. The molecule has 0 bridgehead atoms. The van der Waals surface area contributed by atoms with Crippen molar-refractivity contribution in [3.05, 3.63) is 34.9 Å². The van der Waals surface area contributed by atoms with Gasteiger partial charge in [0.1, 0.15) is 0 Å². The quantitative estimate of drug-likeness (QED) is 0.493. The standard InChI is InChI=1S/C13H20ClN3.HI/c1-4-15-13(17(2)3)16-10-9-11-7-5-6-8-12(11)14;/h5-8H,4,9-10H2,1-3H3,(H,15,16);1H. The summed E-state index contributed by atoms with van der Waals surface area (Å²) in [4.78, 5) is 6.50. The van der Waals surface area contributed by atoms with Crippen LogP contribution in [-0.4, -0.2) is 38.0 Å². The molecule has 0 aliphatic heterocycles. The molecule has 0 fully saturated rings. The summed E-state index contributed by atoms with van der Waals surface area (Å²) in [6.07, 6.45) is 0.863. The highest BCUT2D eigenvalue weighted by molar-refractivity contribution is 14.0. The van der Waals surface area contributed by atoms with Crippen LogP contribution in [0.25, 0.3) is 0 Å². The molecule has 3 nitrogen and oxygen atoms in total. The summed E-state index contributed by atoms with van der Waals surface area (Å²) in [5, 5.41) is 4.04. The van der Waals surface area contributed by atoms with Crippen LogP contribution in [0.2, 0.25) is 5.02 Å². The van der Waals surface area contributed by atoms with Crippen molar-refractivity contribution in [2.24, 2.45) is 4.99 Å². The van der Waals surface area contributed by atoms with Crippen molar-refractivity contribution in [3.8, 4) is 0 Å². The zero-order valence-electron chi connectivity index (χ0n) is 11.1. The second-order valence-electron chi connectivity index (χ2n) is 3.97. The van der Waals surface area contributed by atoms with Gasteiger partial charge in [0.15, 0.2) is 5.96 Å². The number of benzene rings is 1. The van der Waals surface area contributed by atoms with Crippen LogP contribution in [0.5, 0.6) is 0 Å². The second kappa shape index (κ2) is 9.44. The fraction of sp³-hybridized carbons (Fsp3) is 0.462. The molecule has 0 heterocycles. The van der Waals surface area contributed by atoms with Crippen molar-refractivity contribution in [2.75, 3.05) is 27.2 Å². The first-order chi connectivity index (χ1) is 8.15. The van der Waals surface area contributed by atoms with Crippen LogP contribution in [0.3, 0.4) is 0 Å². The van der Waals surface area contributed by atoms with Crippen molar-refractivity contribution in [3.63, 3.8) is 0 Å². The molecule has 1 N–H and O–H groups in total. The highest BCUT2D eigenvalue weighted by atomic mass is 127. The monoisotopic (exact) mass is 381 g/mol. The summed E-state index contributed by atoms with van der Waals surface area (Å²) in [5.41, 5.74) is 1.15. The molecule has 0 amide bonds. The SMILES string of the molecule is CCNC(=NCCc1ccccc1Cl)N(C)C.I. The number of guanidine groups is 1. The smallest absolute Gasteiger partial charge is 0.193 e. The molecule has 0 aromatic heterocycles. The number of rotatable bonds is 4. The van der Waals surface area contributed by atoms with Gasteiger partial charge >= 0.3 is 0 Å². The molecule has 5 heteroatoms. The van der Waals surface area contributed by atoms with E-state index in [-0.39, 0.29) is 24.0 Å². The number of hydrogen-bond acceptors (Lipinski definition) is 1. The predicted octanol–water partition coefficient (Wildman–Crippen LogP) is 3.03. The zero-order valence-corrected chi connectivity index (χ0v) is 14.2. The van der Waals surface area contributed by atoms with Gasteiger partial charge in [-0.2, -0.15) is 0 Å². The second-order valence-corrected chi connectivity index (χ2v) is 4.38. The molecular formula is C13H21ClIN3. The van der Waals surface area contributed by atoms with Gasteiger partial charge in [0.05, 0.1) is 0 Å². The molecule has 0 atom stereocenters. The molecule has 1 aromatic rings. The average molecular weight is 382 g/mol. The van der Waals surface area contributed by atoms with Gasteiger partial charge in [0.25, 0.3) is 0 Å². The molecule has 1 rings (SSSR count). The molecule has 0 saturated carbocycles. The third-order valence-corrected chi connectivity index (χ3v) is 2.73. The summed E-state index contributed by atoms with van der Waals surface area (Å²) >= 11 is 6.09. The van der Waals surface area contributed by atoms with E-state index in [2.05, 4.69) is 17.2 Å². The maximum absolute atomic E-state index is 6.09. The Kier molecular flexibility index (Phi) is 9.18. The normalized spacial score (nSPS) is 10.8. The van der Waals surface area contributed by atoms with Gasteiger partial charge in [-0.05, 0) is 25.0 Å². The minimum atomic E-state index is 0. The number of halogens is 2. The Morgan fingerprint density at radius 1 is 1.33 bits per heavy atom. The van der Waals surface area contributed by atoms with Crippen LogP contribution in [0, 0.1) is 0 Å². The van der Waals surface area contributed by atoms with Crippen molar-refractivity contribution < 1.29 is 0 Å². The van der Waals surface area contributed by atoms with Gasteiger partial charge in [0, 0.05) is 32.2 Å². The van der Waals surface area contributed by atoms with Crippen LogP contribution in [0.1, 0.15) is 12.5 Å². The molecule has 18 heavy (non-hydrogen) atoms. The third kappa shape index (κ3) is 5.91. The Labute approximate surface area is 132 Å². The van der Waals surface area contributed by atoms with Gasteiger partial charge < -0.3 is 10.2 Å². The number of nitrogens with zero attached hydrogens (tertiary/aromatic N) is 2. The van der Waals surface area contributed by atoms with E-state index >= 15 is 0 Å². The van der Waals surface area contributed by atoms with Gasteiger partial charge in [-0.15, -0.1) is 24.0 Å². The molecule has 102 valence electrons. The van der Waals surface area contributed by atoms with E-state index in [0.29, 0.717) is 0 Å². The first kappa shape index (κ1) is 17.5. The van der Waals surface area contributed by atoms with E-state index in [9.17, 15) is 0 Å². The molecule has 0 saturated heterocycles. The largest absolute Gasteiger partial charge is 0.357 e.